The van der Waals surface area contributed by atoms with Crippen LogP contribution in [0.5, 0.6) is 0 Å². The number of carbonyl (C=O) groups excluding carboxylic acids is 3. The minimum absolute atomic E-state index is 0.164. The molecule has 1 fully saturated rings. The van der Waals surface area contributed by atoms with Crippen LogP contribution in [0.25, 0.3) is 5.57 Å². The normalized spacial score (nSPS) is 16.3. The maximum Gasteiger partial charge on any atom is 0.257 e. The van der Waals surface area contributed by atoms with Crippen LogP contribution in [0, 0.1) is 0 Å². The number of fused-ring (bicyclic) bond motifs is 1. The molecule has 2 heterocycles. The van der Waals surface area contributed by atoms with Crippen molar-refractivity contribution in [1.29, 1.82) is 0 Å². The third kappa shape index (κ3) is 5.39. The number of benzene rings is 3. The smallest absolute Gasteiger partial charge is 0.257 e. The number of carbonyl (C=O) groups is 3. The molecule has 0 atom stereocenters. The predicted octanol–water partition coefficient (Wildman–Crippen LogP) is 4.03. The van der Waals surface area contributed by atoms with Crippen LogP contribution in [0.15, 0.2) is 72.9 Å². The molecule has 0 spiro atoms. The molecular weight excluding hydrogens is 466 g/mol. The van der Waals surface area contributed by atoms with E-state index >= 15 is 0 Å². The molecule has 3 N–H and O–H groups in total. The van der Waals surface area contributed by atoms with Crippen molar-refractivity contribution in [3.8, 4) is 0 Å². The van der Waals surface area contributed by atoms with Crippen LogP contribution in [0.4, 0.5) is 22.7 Å². The van der Waals surface area contributed by atoms with Crippen LogP contribution in [-0.4, -0.2) is 55.7 Å². The first kappa shape index (κ1) is 24.3. The second-order valence-corrected chi connectivity index (χ2v) is 9.34. The van der Waals surface area contributed by atoms with Gasteiger partial charge in [-0.1, -0.05) is 12.1 Å². The maximum absolute atomic E-state index is 13.0. The molecule has 37 heavy (non-hydrogen) atoms. The number of amides is 2. The quantitative estimate of drug-likeness (QED) is 0.353. The average Bonchev–Trinajstić information content (AvgIpc) is 3.22. The van der Waals surface area contributed by atoms with E-state index in [2.05, 4.69) is 44.9 Å². The van der Waals surface area contributed by atoms with Gasteiger partial charge in [0.2, 0.25) is 5.91 Å². The monoisotopic (exact) mass is 495 g/mol. The Morgan fingerprint density at radius 1 is 0.865 bits per heavy atom. The SMILES string of the molecule is CC(=O)Nc1ccc(C(=O)c2ccc3c(c2)NC(=O)/C3=C/Nc2ccc(N3CCN(C)CC3)cc2)cc1. The topological polar surface area (TPSA) is 93.8 Å². The van der Waals surface area contributed by atoms with Crippen LogP contribution >= 0.6 is 0 Å². The number of piperazine rings is 1. The van der Waals surface area contributed by atoms with Gasteiger partial charge < -0.3 is 25.8 Å². The zero-order valence-corrected chi connectivity index (χ0v) is 20.9. The molecule has 2 aliphatic rings. The number of likely N-dealkylation sites (N-methyl/N-ethyl adjacent to an activating group) is 1. The Hall–Kier alpha value is -4.43. The molecule has 0 aromatic heterocycles. The number of rotatable bonds is 6. The molecule has 2 aliphatic heterocycles. The highest BCUT2D eigenvalue weighted by molar-refractivity contribution is 6.32. The van der Waals surface area contributed by atoms with Gasteiger partial charge >= 0.3 is 0 Å². The fraction of sp³-hybridized carbons (Fsp3) is 0.207. The van der Waals surface area contributed by atoms with Crippen molar-refractivity contribution in [3.05, 3.63) is 89.6 Å². The summed E-state index contributed by atoms with van der Waals surface area (Å²) in [5.41, 5.74) is 5.53. The zero-order valence-electron chi connectivity index (χ0n) is 20.9. The molecule has 8 nitrogen and oxygen atoms in total. The summed E-state index contributed by atoms with van der Waals surface area (Å²) in [7, 11) is 2.14. The van der Waals surface area contributed by atoms with Crippen molar-refractivity contribution in [2.45, 2.75) is 6.92 Å². The highest BCUT2D eigenvalue weighted by atomic mass is 16.2. The van der Waals surface area contributed by atoms with Gasteiger partial charge in [-0.3, -0.25) is 14.4 Å². The molecule has 0 bridgehead atoms. The summed E-state index contributed by atoms with van der Waals surface area (Å²) in [5, 5.41) is 8.77. The van der Waals surface area contributed by atoms with Crippen LogP contribution in [-0.2, 0) is 9.59 Å². The van der Waals surface area contributed by atoms with Gasteiger partial charge in [0.25, 0.3) is 5.91 Å². The first-order valence-corrected chi connectivity index (χ1v) is 12.3. The molecule has 3 aromatic rings. The first-order valence-electron chi connectivity index (χ1n) is 12.3. The van der Waals surface area contributed by atoms with E-state index in [4.69, 9.17) is 0 Å². The molecule has 1 saturated heterocycles. The Morgan fingerprint density at radius 2 is 1.51 bits per heavy atom. The maximum atomic E-state index is 13.0. The van der Waals surface area contributed by atoms with E-state index in [0.717, 1.165) is 37.4 Å². The first-order chi connectivity index (χ1) is 17.9. The molecule has 5 rings (SSSR count). The van der Waals surface area contributed by atoms with Crippen LogP contribution < -0.4 is 20.9 Å². The van der Waals surface area contributed by atoms with E-state index in [1.807, 2.05) is 12.1 Å². The van der Waals surface area contributed by atoms with Crippen molar-refractivity contribution >= 4 is 45.9 Å². The molecule has 8 heteroatoms. The highest BCUT2D eigenvalue weighted by Crippen LogP contribution is 2.33. The average molecular weight is 496 g/mol. The third-order valence-corrected chi connectivity index (χ3v) is 6.65. The fourth-order valence-corrected chi connectivity index (χ4v) is 4.54. The molecule has 0 saturated carbocycles. The van der Waals surface area contributed by atoms with E-state index in [0.29, 0.717) is 28.1 Å². The van der Waals surface area contributed by atoms with Gasteiger partial charge in [0.05, 0.1) is 5.57 Å². The summed E-state index contributed by atoms with van der Waals surface area (Å²) in [6.45, 7) is 5.56. The number of hydrogen-bond acceptors (Lipinski definition) is 6. The van der Waals surface area contributed by atoms with E-state index < -0.39 is 0 Å². The lowest BCUT2D eigenvalue weighted by Crippen LogP contribution is -2.44. The molecule has 3 aromatic carbocycles. The lowest BCUT2D eigenvalue weighted by Gasteiger charge is -2.34. The summed E-state index contributed by atoms with van der Waals surface area (Å²) >= 11 is 0. The third-order valence-electron chi connectivity index (χ3n) is 6.65. The lowest BCUT2D eigenvalue weighted by molar-refractivity contribution is -0.114. The molecule has 188 valence electrons. The Kier molecular flexibility index (Phi) is 6.74. The van der Waals surface area contributed by atoms with Gasteiger partial charge in [0, 0.05) is 78.7 Å². The van der Waals surface area contributed by atoms with Crippen LogP contribution in [0.1, 0.15) is 28.4 Å². The summed E-state index contributed by atoms with van der Waals surface area (Å²) in [6.07, 6.45) is 1.70. The Bertz CT molecular complexity index is 1370. The van der Waals surface area contributed by atoms with Crippen molar-refractivity contribution in [3.63, 3.8) is 0 Å². The van der Waals surface area contributed by atoms with Gasteiger partial charge in [0.15, 0.2) is 5.78 Å². The van der Waals surface area contributed by atoms with Crippen molar-refractivity contribution in [2.75, 3.05) is 54.1 Å². The van der Waals surface area contributed by atoms with Crippen molar-refractivity contribution < 1.29 is 14.4 Å². The number of hydrogen-bond donors (Lipinski definition) is 3. The molecule has 0 aliphatic carbocycles. The Morgan fingerprint density at radius 3 is 2.19 bits per heavy atom. The number of nitrogens with zero attached hydrogens (tertiary/aromatic N) is 2. The number of anilines is 4. The summed E-state index contributed by atoms with van der Waals surface area (Å²) < 4.78 is 0. The van der Waals surface area contributed by atoms with Gasteiger partial charge in [0.1, 0.15) is 0 Å². The van der Waals surface area contributed by atoms with Crippen molar-refractivity contribution in [2.24, 2.45) is 0 Å². The van der Waals surface area contributed by atoms with E-state index in [-0.39, 0.29) is 17.6 Å². The van der Waals surface area contributed by atoms with Gasteiger partial charge in [-0.05, 0) is 61.6 Å². The molecule has 2 amide bonds. The van der Waals surface area contributed by atoms with Gasteiger partial charge in [-0.15, -0.1) is 0 Å². The summed E-state index contributed by atoms with van der Waals surface area (Å²) in [5.74, 6) is -0.558. The van der Waals surface area contributed by atoms with E-state index in [1.54, 1.807) is 48.7 Å². The summed E-state index contributed by atoms with van der Waals surface area (Å²) in [4.78, 5) is 41.5. The second kappa shape index (κ2) is 10.3. The minimum Gasteiger partial charge on any atom is -0.369 e. The molecular formula is C29H29N5O3. The fourth-order valence-electron chi connectivity index (χ4n) is 4.54. The largest absolute Gasteiger partial charge is 0.369 e. The molecule has 0 radical (unpaired) electrons. The standard InChI is InChI=1S/C29H29N5O3/c1-19(35)31-23-6-3-20(4-7-23)28(36)21-5-12-25-26(29(37)32-27(25)17-21)18-30-22-8-10-24(11-9-22)34-15-13-33(2)14-16-34/h3-12,17-18,30H,13-16H2,1-2H3,(H,31,35)(H,32,37)/b26-18+. The predicted molar refractivity (Wildman–Crippen MR) is 147 cm³/mol. The van der Waals surface area contributed by atoms with Crippen LogP contribution in [0.2, 0.25) is 0 Å². The van der Waals surface area contributed by atoms with Gasteiger partial charge in [-0.25, -0.2) is 0 Å². The zero-order chi connectivity index (χ0) is 25.9. The van der Waals surface area contributed by atoms with Crippen LogP contribution in [0.3, 0.4) is 0 Å². The molecule has 0 unspecified atom stereocenters. The van der Waals surface area contributed by atoms with E-state index in [9.17, 15) is 14.4 Å². The Balaban J connectivity index is 1.27. The van der Waals surface area contributed by atoms with Crippen molar-refractivity contribution in [1.82, 2.24) is 4.90 Å². The number of ketones is 1. The minimum atomic E-state index is -0.221. The van der Waals surface area contributed by atoms with Gasteiger partial charge in [-0.2, -0.15) is 0 Å². The Labute approximate surface area is 216 Å². The second-order valence-electron chi connectivity index (χ2n) is 9.34. The lowest BCUT2D eigenvalue weighted by atomic mass is 9.99. The highest BCUT2D eigenvalue weighted by Gasteiger charge is 2.25. The number of nitrogens with one attached hydrogen (secondary N) is 3. The summed E-state index contributed by atoms with van der Waals surface area (Å²) in [6, 6.07) is 20.1. The van der Waals surface area contributed by atoms with E-state index in [1.165, 1.54) is 12.6 Å².